The number of aromatic nitrogens is 6. The van der Waals surface area contributed by atoms with Crippen LogP contribution in [0.25, 0.3) is 0 Å². The average Bonchev–Trinajstić information content (AvgIpc) is 4.21. The van der Waals surface area contributed by atoms with E-state index in [1.54, 1.807) is 30.7 Å². The minimum Gasteiger partial charge on any atom is -1.00 e. The van der Waals surface area contributed by atoms with Gasteiger partial charge in [0.05, 0.1) is 66.3 Å². The number of aliphatic hydroxyl groups is 1. The predicted octanol–water partition coefficient (Wildman–Crippen LogP) is 1.60. The number of halogens is 2. The molecule has 23 nitrogen and oxygen atoms in total. The molecule has 9 rings (SSSR count). The molecule has 0 saturated carbocycles. The van der Waals surface area contributed by atoms with Crippen LogP contribution in [0.4, 0.5) is 34.1 Å². The van der Waals surface area contributed by atoms with E-state index >= 15 is 0 Å². The van der Waals surface area contributed by atoms with Gasteiger partial charge in [0.25, 0.3) is 21.5 Å². The van der Waals surface area contributed by atoms with Crippen molar-refractivity contribution in [3.63, 3.8) is 0 Å². The van der Waals surface area contributed by atoms with E-state index < -0.39 is 25.2 Å². The largest absolute Gasteiger partial charge is 1.00 e. The summed E-state index contributed by atoms with van der Waals surface area (Å²) in [5, 5.41) is 29.7. The summed E-state index contributed by atoms with van der Waals surface area (Å²) in [5.41, 5.74) is 13.7. The van der Waals surface area contributed by atoms with Gasteiger partial charge in [-0.15, -0.1) is 12.4 Å². The number of hydrogen-bond acceptors (Lipinski definition) is 16. The van der Waals surface area contributed by atoms with Gasteiger partial charge in [-0.05, 0) is 54.5 Å². The zero-order chi connectivity index (χ0) is 53.7. The van der Waals surface area contributed by atoms with Gasteiger partial charge in [-0.2, -0.15) is 8.42 Å². The number of anilines is 4. The SMILES string of the molecule is C.CCCCO.CS(=O)(=O)OCCN1CCc2ccc([N+](=O)[O-])cc21.CS(=O)(=O)[O-].C[n+]1ccn(CCN2CCc3ccc(N)cc32)c1.C[n+]1ccn(CCN2CCc3ccc([N+](=O)[O-])cc32)c1.Cl.Cn1ccnc1.[Cl-]. The van der Waals surface area contributed by atoms with E-state index in [4.69, 9.17) is 23.8 Å². The summed E-state index contributed by atoms with van der Waals surface area (Å²) < 4.78 is 63.9. The molecule has 0 bridgehead atoms. The first kappa shape index (κ1) is 67.7. The molecule has 0 atom stereocenters. The molecule has 422 valence electrons. The Kier molecular flexibility index (Phi) is 29.3. The zero-order valence-corrected chi connectivity index (χ0v) is 46.3. The van der Waals surface area contributed by atoms with Crippen molar-refractivity contribution in [2.45, 2.75) is 59.5 Å². The van der Waals surface area contributed by atoms with Crippen molar-refractivity contribution < 1.29 is 62.1 Å². The number of unbranched alkanes of at least 4 members (excludes halogenated alkanes) is 1. The number of nitrogens with two attached hydrogens (primary N) is 1. The third-order valence-electron chi connectivity index (χ3n) is 11.4. The Balaban J connectivity index is 0.000000489. The Morgan fingerprint density at radius 2 is 1.14 bits per heavy atom. The number of nitrogens with zero attached hydrogens (tertiary/aromatic N) is 11. The molecule has 0 aliphatic carbocycles. The van der Waals surface area contributed by atoms with Crippen LogP contribution in [0.2, 0.25) is 0 Å². The number of imidazole rings is 3. The van der Waals surface area contributed by atoms with E-state index in [2.05, 4.69) is 70.4 Å². The van der Waals surface area contributed by atoms with Crippen LogP contribution in [-0.4, -0.2) is 120 Å². The number of fused-ring (bicyclic) bond motifs is 3. The predicted molar refractivity (Wildman–Crippen MR) is 292 cm³/mol. The number of nitrogen functional groups attached to an aromatic ring is 1. The molecule has 0 unspecified atom stereocenters. The van der Waals surface area contributed by atoms with Crippen LogP contribution in [0.3, 0.4) is 0 Å². The van der Waals surface area contributed by atoms with Gasteiger partial charge in [-0.25, -0.2) is 31.7 Å². The van der Waals surface area contributed by atoms with Crippen molar-refractivity contribution in [1.82, 2.24) is 18.7 Å². The lowest BCUT2D eigenvalue weighted by molar-refractivity contribution is -0.671. The highest BCUT2D eigenvalue weighted by atomic mass is 35.5. The molecule has 0 saturated heterocycles. The van der Waals surface area contributed by atoms with Gasteiger partial charge < -0.3 is 47.1 Å². The number of non-ortho nitro benzene ring substituents is 2. The fourth-order valence-electron chi connectivity index (χ4n) is 7.78. The van der Waals surface area contributed by atoms with Gasteiger partial charge in [0.2, 0.25) is 12.7 Å². The maximum absolute atomic E-state index is 10.9. The van der Waals surface area contributed by atoms with E-state index in [-0.39, 0.29) is 55.1 Å². The van der Waals surface area contributed by atoms with Crippen LogP contribution in [-0.2, 0) is 77.9 Å². The summed E-state index contributed by atoms with van der Waals surface area (Å²) >= 11 is 0. The average molecular weight is 1140 g/mol. The van der Waals surface area contributed by atoms with Gasteiger partial charge in [-0.3, -0.25) is 24.4 Å². The number of aryl methyl sites for hydroxylation is 3. The first-order chi connectivity index (χ1) is 34.5. The van der Waals surface area contributed by atoms with Crippen molar-refractivity contribution >= 4 is 66.8 Å². The molecule has 3 N–H and O–H groups in total. The molecular weight excluding hydrogens is 1070 g/mol. The smallest absolute Gasteiger partial charge is 0.271 e. The Morgan fingerprint density at radius 1 is 0.724 bits per heavy atom. The number of aliphatic hydroxyl groups excluding tert-OH is 1. The summed E-state index contributed by atoms with van der Waals surface area (Å²) in [6.45, 7) is 9.36. The van der Waals surface area contributed by atoms with Crippen molar-refractivity contribution in [3.8, 4) is 0 Å². The molecule has 76 heavy (non-hydrogen) atoms. The van der Waals surface area contributed by atoms with E-state index in [1.165, 1.54) is 28.9 Å². The maximum Gasteiger partial charge on any atom is 0.271 e. The first-order valence-corrected chi connectivity index (χ1v) is 27.1. The normalized spacial score (nSPS) is 12.5. The van der Waals surface area contributed by atoms with E-state index in [0.717, 1.165) is 100 Å². The van der Waals surface area contributed by atoms with Crippen LogP contribution < -0.4 is 42.0 Å². The second kappa shape index (κ2) is 32.9. The van der Waals surface area contributed by atoms with Crippen molar-refractivity contribution in [2.75, 3.05) is 85.4 Å². The highest BCUT2D eigenvalue weighted by molar-refractivity contribution is 7.86. The molecule has 3 aromatic carbocycles. The van der Waals surface area contributed by atoms with Crippen LogP contribution >= 0.6 is 12.4 Å². The highest BCUT2D eigenvalue weighted by Gasteiger charge is 2.24. The van der Waals surface area contributed by atoms with E-state index in [9.17, 15) is 28.6 Å². The highest BCUT2D eigenvalue weighted by Crippen LogP contribution is 2.33. The summed E-state index contributed by atoms with van der Waals surface area (Å²) in [5.74, 6) is 0. The van der Waals surface area contributed by atoms with Crippen molar-refractivity contribution in [2.24, 2.45) is 21.1 Å². The Labute approximate surface area is 459 Å². The Hall–Kier alpha value is -6.35. The summed E-state index contributed by atoms with van der Waals surface area (Å²) in [6.07, 6.45) is 24.3. The lowest BCUT2D eigenvalue weighted by Gasteiger charge is -2.18. The van der Waals surface area contributed by atoms with Crippen LogP contribution in [0.1, 0.15) is 43.9 Å². The topological polar surface area (TPSA) is 278 Å². The summed E-state index contributed by atoms with van der Waals surface area (Å²) in [7, 11) is -1.39. The molecule has 0 amide bonds. The third-order valence-corrected chi connectivity index (χ3v) is 11.9. The molecule has 3 aromatic heterocycles. The lowest BCUT2D eigenvalue weighted by atomic mass is 10.1. The third kappa shape index (κ3) is 24.1. The summed E-state index contributed by atoms with van der Waals surface area (Å²) in [4.78, 5) is 31.2. The number of nitro benzene ring substituents is 2. The molecule has 3 aliphatic rings. The fourth-order valence-corrected chi connectivity index (χ4v) is 8.15. The monoisotopic (exact) mass is 1140 g/mol. The van der Waals surface area contributed by atoms with Gasteiger partial charge in [0, 0.05) is 105 Å². The molecule has 0 fully saturated rings. The molecular formula is C49H74Cl2N12O11S2. The van der Waals surface area contributed by atoms with Crippen LogP contribution in [0, 0.1) is 20.2 Å². The molecule has 3 aliphatic heterocycles. The molecule has 0 spiro atoms. The van der Waals surface area contributed by atoms with Crippen molar-refractivity contribution in [1.29, 1.82) is 0 Å². The van der Waals surface area contributed by atoms with E-state index in [1.807, 2.05) is 72.2 Å². The Bertz CT molecular complexity index is 2920. The molecule has 6 aromatic rings. The minimum absolute atomic E-state index is 0. The van der Waals surface area contributed by atoms with Crippen LogP contribution in [0.5, 0.6) is 0 Å². The second-order valence-electron chi connectivity index (χ2n) is 17.4. The fraction of sp³-hybridized carbons (Fsp3) is 0.449. The molecule has 0 radical (unpaired) electrons. The second-order valence-corrected chi connectivity index (χ2v) is 20.5. The maximum atomic E-state index is 10.9. The lowest BCUT2D eigenvalue weighted by Crippen LogP contribution is -3.00. The molecule has 6 heterocycles. The first-order valence-electron chi connectivity index (χ1n) is 23.5. The van der Waals surface area contributed by atoms with E-state index in [0.29, 0.717) is 26.0 Å². The number of nitro groups is 2. The van der Waals surface area contributed by atoms with Crippen molar-refractivity contribution in [3.05, 3.63) is 148 Å². The van der Waals surface area contributed by atoms with Gasteiger partial charge >= 0.3 is 0 Å². The number of benzene rings is 3. The van der Waals surface area contributed by atoms with Gasteiger partial charge in [0.1, 0.15) is 37.9 Å². The number of hydrogen-bond donors (Lipinski definition) is 2. The quantitative estimate of drug-likeness (QED) is 0.0391. The number of rotatable bonds is 14. The molecule has 27 heteroatoms. The van der Waals surface area contributed by atoms with Gasteiger partial charge in [-0.1, -0.05) is 39.0 Å². The minimum atomic E-state index is -3.92. The zero-order valence-electron chi connectivity index (χ0n) is 43.1. The summed E-state index contributed by atoms with van der Waals surface area (Å²) in [6, 6.07) is 16.1. The standard InChI is InChI=1S/C14H17N4O2.C14H19N4.C11H14N2O5S.C4H6N2.C4H10O.CH4O3S.CH4.2ClH/c1-15-6-7-16(11-15)8-9-17-5-4-12-2-3-13(18(19)20)10-14(12)17;1-16-6-7-17(11-16)8-9-18-5-4-12-2-3-13(15)10-14(12)18;1-19(16,17)18-7-6-12-5-4-9-2-3-10(13(14)15)8-11(9)12;1-6-3-2-5-4-6;1-2-3-4-5;1-5(2,3)4;;;/h2-3,6-7,10-11H,4-5,8-9H2,1H3;2-3,6-7,10-11H,4-5,8-9,15H2,1H3;2-3,8H,4-7H2,1H3;2-4H,1H3;5H,2-4H2,1H3;1H3,(H,2,3,4);1H4;2*1H/q2*+1;;;;;;;/p-2. The van der Waals surface area contributed by atoms with Crippen LogP contribution in [0.15, 0.2) is 111 Å². The van der Waals surface area contributed by atoms with Gasteiger partial charge in [0.15, 0.2) is 0 Å². The Morgan fingerprint density at radius 3 is 1.46 bits per heavy atom.